The Morgan fingerprint density at radius 3 is 2.34 bits per heavy atom. The molecule has 1 N–H and O–H groups in total. The summed E-state index contributed by atoms with van der Waals surface area (Å²) < 4.78 is 77.3. The first-order valence-electron chi connectivity index (χ1n) is 8.96. The van der Waals surface area contributed by atoms with Gasteiger partial charge in [-0.15, -0.1) is 0 Å². The van der Waals surface area contributed by atoms with Crippen LogP contribution in [-0.4, -0.2) is 33.2 Å². The zero-order valence-corrected chi connectivity index (χ0v) is 16.7. The van der Waals surface area contributed by atoms with Gasteiger partial charge in [-0.2, -0.15) is 13.2 Å². The molecule has 0 aliphatic rings. The monoisotopic (exact) mass is 467 g/mol. The highest BCUT2D eigenvalue weighted by atomic mass is 32.2. The molecule has 0 saturated carbocycles. The maximum absolute atomic E-state index is 14.4. The molecule has 0 fully saturated rings. The molecule has 4 rings (SSSR count). The fraction of sp³-hybridized carbons (Fsp3) is 0.100. The summed E-state index contributed by atoms with van der Waals surface area (Å²) in [6.07, 6.45) is 2.05. The number of fused-ring (bicyclic) bond motifs is 1. The summed E-state index contributed by atoms with van der Waals surface area (Å²) in [5.41, 5.74) is -5.71. The summed E-state index contributed by atoms with van der Waals surface area (Å²) >= 11 is 0. The number of benzene rings is 2. The van der Waals surface area contributed by atoms with E-state index in [4.69, 9.17) is 0 Å². The molecular weight excluding hydrogens is 454 g/mol. The molecule has 0 radical (unpaired) electrons. The van der Waals surface area contributed by atoms with E-state index >= 15 is 0 Å². The van der Waals surface area contributed by atoms with Crippen molar-refractivity contribution >= 4 is 20.7 Å². The van der Waals surface area contributed by atoms with Crippen molar-refractivity contribution in [3.63, 3.8) is 0 Å². The Morgan fingerprint density at radius 1 is 1.03 bits per heavy atom. The molecule has 0 aliphatic carbocycles. The Kier molecular flexibility index (Phi) is 5.04. The predicted molar refractivity (Wildman–Crippen MR) is 106 cm³/mol. The Bertz CT molecular complexity index is 1490. The van der Waals surface area contributed by atoms with Crippen LogP contribution in [0.15, 0.2) is 70.6 Å². The van der Waals surface area contributed by atoms with E-state index in [9.17, 15) is 35.9 Å². The quantitative estimate of drug-likeness (QED) is 0.465. The molecule has 0 amide bonds. The second kappa shape index (κ2) is 7.48. The van der Waals surface area contributed by atoms with E-state index in [1.165, 1.54) is 0 Å². The summed E-state index contributed by atoms with van der Waals surface area (Å²) in [4.78, 5) is 15.8. The average Bonchev–Trinajstić information content (AvgIpc) is 3.02. The number of alkyl halides is 3. The van der Waals surface area contributed by atoms with Crippen molar-refractivity contribution in [2.24, 2.45) is 0 Å². The van der Waals surface area contributed by atoms with Gasteiger partial charge in [0.2, 0.25) is 5.88 Å². The van der Waals surface area contributed by atoms with Crippen molar-refractivity contribution in [3.05, 3.63) is 82.8 Å². The molecule has 0 atom stereocenters. The molecule has 0 aliphatic heterocycles. The number of halogens is 4. The fourth-order valence-corrected chi connectivity index (χ4v) is 4.01. The Labute approximate surface area is 177 Å². The lowest BCUT2D eigenvalue weighted by molar-refractivity contribution is -0.0436. The van der Waals surface area contributed by atoms with Gasteiger partial charge in [-0.3, -0.25) is 9.55 Å². The van der Waals surface area contributed by atoms with Crippen LogP contribution in [0.3, 0.4) is 0 Å². The standard InChI is InChI=1S/C20H13F4N3O4S/c21-16-9-25-17-4-2-1-3-14(17)15(16)10-26-11-18(28)27(19(26)29)12-5-7-13(8-6-12)32(30,31)20(22,23)24/h1-9,11,28H,10H2. The minimum Gasteiger partial charge on any atom is -0.493 e. The highest BCUT2D eigenvalue weighted by Crippen LogP contribution is 2.31. The van der Waals surface area contributed by atoms with Crippen LogP contribution in [0.25, 0.3) is 16.6 Å². The molecule has 2 heterocycles. The summed E-state index contributed by atoms with van der Waals surface area (Å²) in [7, 11) is -5.56. The van der Waals surface area contributed by atoms with Gasteiger partial charge in [-0.05, 0) is 30.3 Å². The van der Waals surface area contributed by atoms with E-state index in [0.29, 0.717) is 23.0 Å². The Morgan fingerprint density at radius 2 is 1.69 bits per heavy atom. The molecule has 12 heteroatoms. The summed E-state index contributed by atoms with van der Waals surface area (Å²) in [6.45, 7) is -0.255. The zero-order chi connectivity index (χ0) is 23.3. The number of hydrogen-bond donors (Lipinski definition) is 1. The van der Waals surface area contributed by atoms with Crippen molar-refractivity contribution in [1.82, 2.24) is 14.1 Å². The minimum atomic E-state index is -5.56. The molecule has 4 aromatic rings. The van der Waals surface area contributed by atoms with Gasteiger partial charge in [0.15, 0.2) is 0 Å². The van der Waals surface area contributed by atoms with Crippen LogP contribution in [0.2, 0.25) is 0 Å². The van der Waals surface area contributed by atoms with E-state index in [2.05, 4.69) is 4.98 Å². The fourth-order valence-electron chi connectivity index (χ4n) is 3.25. The molecule has 0 bridgehead atoms. The van der Waals surface area contributed by atoms with E-state index in [-0.39, 0.29) is 17.8 Å². The largest absolute Gasteiger partial charge is 0.501 e. The third-order valence-electron chi connectivity index (χ3n) is 4.81. The summed E-state index contributed by atoms with van der Waals surface area (Å²) in [5.74, 6) is -1.23. The second-order valence-corrected chi connectivity index (χ2v) is 8.72. The van der Waals surface area contributed by atoms with Crippen LogP contribution >= 0.6 is 0 Å². The number of hydrogen-bond acceptors (Lipinski definition) is 5. The van der Waals surface area contributed by atoms with Gasteiger partial charge in [-0.1, -0.05) is 18.2 Å². The van der Waals surface area contributed by atoms with Gasteiger partial charge in [-0.25, -0.2) is 22.2 Å². The third kappa shape index (κ3) is 3.51. The van der Waals surface area contributed by atoms with Crippen LogP contribution in [-0.2, 0) is 16.4 Å². The number of nitrogens with zero attached hydrogens (tertiary/aromatic N) is 3. The van der Waals surface area contributed by atoms with Crippen molar-refractivity contribution in [1.29, 1.82) is 0 Å². The van der Waals surface area contributed by atoms with Gasteiger partial charge in [0.05, 0.1) is 35.0 Å². The first-order valence-corrected chi connectivity index (χ1v) is 10.4. The zero-order valence-electron chi connectivity index (χ0n) is 15.9. The smallest absolute Gasteiger partial charge is 0.493 e. The van der Waals surface area contributed by atoms with Gasteiger partial charge < -0.3 is 5.11 Å². The lowest BCUT2D eigenvalue weighted by Crippen LogP contribution is -2.24. The lowest BCUT2D eigenvalue weighted by Gasteiger charge is -2.09. The van der Waals surface area contributed by atoms with Crippen molar-refractivity contribution in [2.45, 2.75) is 16.9 Å². The molecule has 2 aromatic heterocycles. The van der Waals surface area contributed by atoms with Crippen LogP contribution in [0.5, 0.6) is 5.88 Å². The van der Waals surface area contributed by atoms with Crippen LogP contribution in [0, 0.1) is 5.82 Å². The maximum Gasteiger partial charge on any atom is 0.501 e. The lowest BCUT2D eigenvalue weighted by atomic mass is 10.1. The predicted octanol–water partition coefficient (Wildman–Crippen LogP) is 3.37. The van der Waals surface area contributed by atoms with E-state index < -0.39 is 37.6 Å². The van der Waals surface area contributed by atoms with Crippen LogP contribution in [0.4, 0.5) is 17.6 Å². The van der Waals surface area contributed by atoms with E-state index in [1.54, 1.807) is 24.3 Å². The number of aromatic nitrogens is 3. The third-order valence-corrected chi connectivity index (χ3v) is 6.31. The van der Waals surface area contributed by atoms with Crippen molar-refractivity contribution in [2.75, 3.05) is 0 Å². The Hall–Kier alpha value is -3.67. The molecule has 0 unspecified atom stereocenters. The molecule has 32 heavy (non-hydrogen) atoms. The van der Waals surface area contributed by atoms with Gasteiger partial charge in [0, 0.05) is 10.9 Å². The van der Waals surface area contributed by atoms with Crippen molar-refractivity contribution in [3.8, 4) is 11.6 Å². The van der Waals surface area contributed by atoms with Gasteiger partial charge in [0.25, 0.3) is 9.84 Å². The highest BCUT2D eigenvalue weighted by molar-refractivity contribution is 7.92. The topological polar surface area (TPSA) is 94.2 Å². The molecule has 0 spiro atoms. The maximum atomic E-state index is 14.4. The Balaban J connectivity index is 1.74. The number of aromatic hydroxyl groups is 1. The van der Waals surface area contributed by atoms with Crippen LogP contribution < -0.4 is 5.69 Å². The first-order chi connectivity index (χ1) is 15.0. The van der Waals surface area contributed by atoms with Crippen LogP contribution in [0.1, 0.15) is 5.56 Å². The first kappa shape index (κ1) is 21.6. The normalized spacial score (nSPS) is 12.4. The number of para-hydroxylation sites is 1. The minimum absolute atomic E-state index is 0.0765. The molecule has 0 saturated heterocycles. The van der Waals surface area contributed by atoms with E-state index in [0.717, 1.165) is 33.7 Å². The molecule has 166 valence electrons. The van der Waals surface area contributed by atoms with E-state index in [1.807, 2.05) is 0 Å². The molecular formula is C20H13F4N3O4S. The molecule has 2 aromatic carbocycles. The SMILES string of the molecule is O=c1n(Cc2c(F)cnc3ccccc23)cc(O)n1-c1ccc(S(=O)(=O)C(F)(F)F)cc1. The van der Waals surface area contributed by atoms with Crippen molar-refractivity contribution < 1.29 is 31.1 Å². The molecule has 7 nitrogen and oxygen atoms in total. The average molecular weight is 467 g/mol. The van der Waals surface area contributed by atoms with Gasteiger partial charge >= 0.3 is 11.2 Å². The number of rotatable bonds is 4. The summed E-state index contributed by atoms with van der Waals surface area (Å²) in [6, 6.07) is 9.94. The second-order valence-electron chi connectivity index (χ2n) is 6.78. The number of imidazole rings is 1. The van der Waals surface area contributed by atoms with Gasteiger partial charge in [0.1, 0.15) is 5.82 Å². The number of sulfone groups is 1. The summed E-state index contributed by atoms with van der Waals surface area (Å²) in [5, 5.41) is 10.7. The number of pyridine rings is 1. The highest BCUT2D eigenvalue weighted by Gasteiger charge is 2.46.